The molecule has 0 bridgehead atoms. The van der Waals surface area contributed by atoms with Crippen molar-refractivity contribution in [2.75, 3.05) is 46.9 Å². The first-order chi connectivity index (χ1) is 16.0. The third-order valence-electron chi connectivity index (χ3n) is 6.22. The zero-order valence-corrected chi connectivity index (χ0v) is 19.8. The Morgan fingerprint density at radius 3 is 2.55 bits per heavy atom. The predicted molar refractivity (Wildman–Crippen MR) is 126 cm³/mol. The van der Waals surface area contributed by atoms with Gasteiger partial charge in [0, 0.05) is 70.7 Å². The standard InChI is InChI=1S/C24H32N6O3/c1-5-23-25-8-9-29(23)13-10-28-11-14-30(15-12-28)24(31)21-17-20(26-27(21)2)19-16-18(32-3)6-7-22(19)33-4/h6-9,16-17H,5,10-15H2,1-4H3. The molecule has 3 heterocycles. The Balaban J connectivity index is 1.40. The van der Waals surface area contributed by atoms with Crippen LogP contribution in [-0.4, -0.2) is 82.0 Å². The van der Waals surface area contributed by atoms with Crippen molar-refractivity contribution >= 4 is 5.91 Å². The number of nitrogens with zero attached hydrogens (tertiary/aromatic N) is 6. The summed E-state index contributed by atoms with van der Waals surface area (Å²) in [6.07, 6.45) is 4.83. The van der Waals surface area contributed by atoms with E-state index >= 15 is 0 Å². The average Bonchev–Trinajstić information content (AvgIpc) is 3.48. The maximum absolute atomic E-state index is 13.3. The SMILES string of the molecule is CCc1nccn1CCN1CCN(C(=O)c2cc(-c3cc(OC)ccc3OC)nn2C)CC1. The first-order valence-electron chi connectivity index (χ1n) is 11.3. The largest absolute Gasteiger partial charge is 0.497 e. The first-order valence-corrected chi connectivity index (χ1v) is 11.3. The van der Waals surface area contributed by atoms with Crippen LogP contribution in [0, 0.1) is 0 Å². The molecule has 1 saturated heterocycles. The van der Waals surface area contributed by atoms with Gasteiger partial charge in [-0.3, -0.25) is 14.4 Å². The maximum atomic E-state index is 13.3. The molecule has 0 spiro atoms. The van der Waals surface area contributed by atoms with Crippen LogP contribution >= 0.6 is 0 Å². The highest BCUT2D eigenvalue weighted by atomic mass is 16.5. The van der Waals surface area contributed by atoms with Gasteiger partial charge in [-0.2, -0.15) is 5.10 Å². The van der Waals surface area contributed by atoms with Gasteiger partial charge in [0.2, 0.25) is 0 Å². The quantitative estimate of drug-likeness (QED) is 0.522. The molecule has 9 nitrogen and oxygen atoms in total. The number of rotatable bonds is 8. The van der Waals surface area contributed by atoms with E-state index in [1.54, 1.807) is 25.9 Å². The van der Waals surface area contributed by atoms with Crippen molar-refractivity contribution in [1.82, 2.24) is 29.1 Å². The lowest BCUT2D eigenvalue weighted by Gasteiger charge is -2.34. The van der Waals surface area contributed by atoms with E-state index in [4.69, 9.17) is 9.47 Å². The van der Waals surface area contributed by atoms with E-state index in [1.807, 2.05) is 41.6 Å². The van der Waals surface area contributed by atoms with Crippen LogP contribution in [0.1, 0.15) is 23.2 Å². The van der Waals surface area contributed by atoms with E-state index in [-0.39, 0.29) is 5.91 Å². The number of hydrogen-bond acceptors (Lipinski definition) is 6. The molecule has 3 aromatic rings. The molecule has 4 rings (SSSR count). The number of imidazole rings is 1. The van der Waals surface area contributed by atoms with E-state index in [0.29, 0.717) is 36.0 Å². The molecule has 0 unspecified atom stereocenters. The molecule has 1 fully saturated rings. The van der Waals surface area contributed by atoms with E-state index in [2.05, 4.69) is 26.5 Å². The van der Waals surface area contributed by atoms with Crippen LogP contribution in [-0.2, 0) is 20.0 Å². The van der Waals surface area contributed by atoms with Gasteiger partial charge >= 0.3 is 0 Å². The zero-order chi connectivity index (χ0) is 23.4. The Labute approximate surface area is 194 Å². The number of ether oxygens (including phenoxy) is 2. The van der Waals surface area contributed by atoms with E-state index in [9.17, 15) is 4.79 Å². The topological polar surface area (TPSA) is 77.7 Å². The number of amides is 1. The molecule has 0 saturated carbocycles. The van der Waals surface area contributed by atoms with Crippen molar-refractivity contribution in [3.05, 3.63) is 48.2 Å². The second kappa shape index (κ2) is 10.1. The highest BCUT2D eigenvalue weighted by molar-refractivity contribution is 5.94. The third kappa shape index (κ3) is 4.88. The van der Waals surface area contributed by atoms with Gasteiger partial charge in [0.25, 0.3) is 5.91 Å². The molecule has 9 heteroatoms. The van der Waals surface area contributed by atoms with Crippen LogP contribution in [0.5, 0.6) is 11.5 Å². The van der Waals surface area contributed by atoms with Crippen LogP contribution in [0.3, 0.4) is 0 Å². The van der Waals surface area contributed by atoms with E-state index < -0.39 is 0 Å². The summed E-state index contributed by atoms with van der Waals surface area (Å²) in [5.74, 6) is 2.51. The van der Waals surface area contributed by atoms with Gasteiger partial charge in [-0.25, -0.2) is 4.98 Å². The number of hydrogen-bond donors (Lipinski definition) is 0. The van der Waals surface area contributed by atoms with Gasteiger partial charge in [0.05, 0.1) is 19.9 Å². The summed E-state index contributed by atoms with van der Waals surface area (Å²) in [5.41, 5.74) is 2.04. The number of aryl methyl sites for hydroxylation is 2. The summed E-state index contributed by atoms with van der Waals surface area (Å²) in [4.78, 5) is 22.0. The van der Waals surface area contributed by atoms with Crippen LogP contribution in [0.15, 0.2) is 36.7 Å². The van der Waals surface area contributed by atoms with Crippen LogP contribution in [0.4, 0.5) is 0 Å². The second-order valence-corrected chi connectivity index (χ2v) is 8.13. The minimum Gasteiger partial charge on any atom is -0.497 e. The van der Waals surface area contributed by atoms with E-state index in [0.717, 1.165) is 44.0 Å². The molecule has 1 aromatic carbocycles. The average molecular weight is 453 g/mol. The Kier molecular flexibility index (Phi) is 6.98. The highest BCUT2D eigenvalue weighted by Gasteiger charge is 2.25. The third-order valence-corrected chi connectivity index (χ3v) is 6.22. The minimum atomic E-state index is 0.000594. The molecule has 176 valence electrons. The number of benzene rings is 1. The fourth-order valence-electron chi connectivity index (χ4n) is 4.26. The molecule has 0 N–H and O–H groups in total. The number of carbonyl (C=O) groups is 1. The summed E-state index contributed by atoms with van der Waals surface area (Å²) in [7, 11) is 5.04. The molecular formula is C24H32N6O3. The molecule has 1 amide bonds. The van der Waals surface area contributed by atoms with Crippen molar-refractivity contribution in [3.8, 4) is 22.8 Å². The number of methoxy groups -OCH3 is 2. The Bertz CT molecular complexity index is 1100. The zero-order valence-electron chi connectivity index (χ0n) is 19.8. The van der Waals surface area contributed by atoms with Crippen molar-refractivity contribution in [3.63, 3.8) is 0 Å². The van der Waals surface area contributed by atoms with Crippen LogP contribution in [0.2, 0.25) is 0 Å². The lowest BCUT2D eigenvalue weighted by atomic mass is 10.1. The van der Waals surface area contributed by atoms with Gasteiger partial charge in [-0.15, -0.1) is 0 Å². The fraction of sp³-hybridized carbons (Fsp3) is 0.458. The van der Waals surface area contributed by atoms with Crippen molar-refractivity contribution in [2.45, 2.75) is 19.9 Å². The molecule has 0 atom stereocenters. The lowest BCUT2D eigenvalue weighted by molar-refractivity contribution is 0.0622. The number of aromatic nitrogens is 4. The van der Waals surface area contributed by atoms with Gasteiger partial charge in [-0.05, 0) is 24.3 Å². The molecule has 0 radical (unpaired) electrons. The molecule has 1 aliphatic heterocycles. The fourth-order valence-corrected chi connectivity index (χ4v) is 4.26. The summed E-state index contributed by atoms with van der Waals surface area (Å²) in [6.45, 7) is 7.12. The minimum absolute atomic E-state index is 0.000594. The summed E-state index contributed by atoms with van der Waals surface area (Å²) in [5, 5.41) is 4.58. The normalized spacial score (nSPS) is 14.5. The molecule has 33 heavy (non-hydrogen) atoms. The maximum Gasteiger partial charge on any atom is 0.272 e. The van der Waals surface area contributed by atoms with Crippen LogP contribution < -0.4 is 9.47 Å². The number of carbonyl (C=O) groups excluding carboxylic acids is 1. The van der Waals surface area contributed by atoms with Crippen molar-refractivity contribution in [2.24, 2.45) is 7.05 Å². The van der Waals surface area contributed by atoms with Gasteiger partial charge in [-0.1, -0.05) is 6.92 Å². The Hall–Kier alpha value is -3.33. The smallest absolute Gasteiger partial charge is 0.272 e. The Morgan fingerprint density at radius 1 is 1.06 bits per heavy atom. The molecule has 1 aliphatic rings. The highest BCUT2D eigenvalue weighted by Crippen LogP contribution is 2.33. The Morgan fingerprint density at radius 2 is 1.85 bits per heavy atom. The second-order valence-electron chi connectivity index (χ2n) is 8.13. The molecular weight excluding hydrogens is 420 g/mol. The summed E-state index contributed by atoms with van der Waals surface area (Å²) >= 11 is 0. The van der Waals surface area contributed by atoms with Gasteiger partial charge in [0.15, 0.2) is 0 Å². The monoisotopic (exact) mass is 452 g/mol. The first kappa shape index (κ1) is 22.8. The molecule has 2 aromatic heterocycles. The predicted octanol–water partition coefficient (Wildman–Crippen LogP) is 2.32. The van der Waals surface area contributed by atoms with Gasteiger partial charge in [0.1, 0.15) is 23.0 Å². The number of piperazine rings is 1. The summed E-state index contributed by atoms with van der Waals surface area (Å²) in [6, 6.07) is 7.39. The van der Waals surface area contributed by atoms with E-state index in [1.165, 1.54) is 0 Å². The lowest BCUT2D eigenvalue weighted by Crippen LogP contribution is -2.49. The van der Waals surface area contributed by atoms with Crippen LogP contribution in [0.25, 0.3) is 11.3 Å². The van der Waals surface area contributed by atoms with Crippen molar-refractivity contribution < 1.29 is 14.3 Å². The summed E-state index contributed by atoms with van der Waals surface area (Å²) < 4.78 is 14.7. The van der Waals surface area contributed by atoms with Crippen molar-refractivity contribution in [1.29, 1.82) is 0 Å². The van der Waals surface area contributed by atoms with Gasteiger partial charge < -0.3 is 18.9 Å². The molecule has 0 aliphatic carbocycles.